The molecule has 0 bridgehead atoms. The van der Waals surface area contributed by atoms with Crippen molar-refractivity contribution >= 4 is 43.2 Å². The fourth-order valence-corrected chi connectivity index (χ4v) is 2.83. The second kappa shape index (κ2) is 4.79. The fourth-order valence-electron chi connectivity index (χ4n) is 1.61. The van der Waals surface area contributed by atoms with Gasteiger partial charge < -0.3 is 10.5 Å². The number of nitrogens with zero attached hydrogens (tertiary/aromatic N) is 1. The van der Waals surface area contributed by atoms with Crippen molar-refractivity contribution in [3.05, 3.63) is 46.7 Å². The molecule has 0 aliphatic heterocycles. The van der Waals surface area contributed by atoms with Crippen molar-refractivity contribution in [1.82, 2.24) is 4.98 Å². The van der Waals surface area contributed by atoms with Gasteiger partial charge in [0, 0.05) is 10.2 Å². The van der Waals surface area contributed by atoms with E-state index < -0.39 is 5.82 Å². The van der Waals surface area contributed by atoms with E-state index in [1.165, 1.54) is 17.4 Å². The van der Waals surface area contributed by atoms with E-state index in [0.29, 0.717) is 10.9 Å². The largest absolute Gasteiger partial charge is 0.428 e. The van der Waals surface area contributed by atoms with Crippen LogP contribution >= 0.6 is 27.3 Å². The Hall–Kier alpha value is -1.66. The molecule has 96 valence electrons. The van der Waals surface area contributed by atoms with Crippen LogP contribution in [0.2, 0.25) is 0 Å². The summed E-state index contributed by atoms with van der Waals surface area (Å²) in [6.45, 7) is 0. The summed E-state index contributed by atoms with van der Waals surface area (Å²) in [4.78, 5) is 4.28. The van der Waals surface area contributed by atoms with Crippen LogP contribution in [0.15, 0.2) is 40.9 Å². The first-order valence-electron chi connectivity index (χ1n) is 5.41. The molecule has 0 saturated heterocycles. The topological polar surface area (TPSA) is 48.1 Å². The number of hydrogen-bond donors (Lipinski definition) is 1. The van der Waals surface area contributed by atoms with E-state index in [4.69, 9.17) is 10.5 Å². The number of nitrogens with two attached hydrogens (primary N) is 1. The summed E-state index contributed by atoms with van der Waals surface area (Å²) in [5.74, 6) is -0.289. The van der Waals surface area contributed by atoms with Crippen LogP contribution in [-0.2, 0) is 0 Å². The van der Waals surface area contributed by atoms with E-state index in [-0.39, 0.29) is 5.75 Å². The standard InChI is InChI=1S/C13H8BrFN2OS/c14-7-1-3-9(15)11(5-7)18-13-17-10-4-2-8(16)6-12(10)19-13/h1-6H,16H2. The van der Waals surface area contributed by atoms with Crippen molar-refractivity contribution in [2.45, 2.75) is 0 Å². The van der Waals surface area contributed by atoms with Gasteiger partial charge in [-0.15, -0.1) is 0 Å². The molecule has 0 aliphatic carbocycles. The van der Waals surface area contributed by atoms with E-state index in [2.05, 4.69) is 20.9 Å². The average molecular weight is 339 g/mol. The molecule has 0 saturated carbocycles. The van der Waals surface area contributed by atoms with Gasteiger partial charge in [-0.1, -0.05) is 27.3 Å². The zero-order valence-corrected chi connectivity index (χ0v) is 12.0. The molecule has 0 unspecified atom stereocenters. The maximum absolute atomic E-state index is 13.6. The maximum Gasteiger partial charge on any atom is 0.279 e. The molecule has 1 heterocycles. The second-order valence-corrected chi connectivity index (χ2v) is 5.79. The zero-order valence-electron chi connectivity index (χ0n) is 9.56. The van der Waals surface area contributed by atoms with Gasteiger partial charge in [-0.25, -0.2) is 9.37 Å². The normalized spacial score (nSPS) is 10.8. The van der Waals surface area contributed by atoms with E-state index in [1.54, 1.807) is 18.2 Å². The summed E-state index contributed by atoms with van der Waals surface area (Å²) in [7, 11) is 0. The van der Waals surface area contributed by atoms with Crippen LogP contribution in [0.1, 0.15) is 0 Å². The van der Waals surface area contributed by atoms with Crippen LogP contribution in [0.25, 0.3) is 10.2 Å². The number of aromatic nitrogens is 1. The monoisotopic (exact) mass is 338 g/mol. The number of hydrogen-bond acceptors (Lipinski definition) is 4. The Morgan fingerprint density at radius 1 is 1.21 bits per heavy atom. The average Bonchev–Trinajstić information content (AvgIpc) is 2.75. The lowest BCUT2D eigenvalue weighted by atomic mass is 10.3. The predicted octanol–water partition coefficient (Wildman–Crippen LogP) is 4.57. The highest BCUT2D eigenvalue weighted by Gasteiger charge is 2.10. The number of anilines is 1. The minimum atomic E-state index is -0.429. The summed E-state index contributed by atoms with van der Waals surface area (Å²) in [5, 5.41) is 0.387. The number of ether oxygens (including phenoxy) is 1. The number of halogens is 2. The van der Waals surface area contributed by atoms with Crippen LogP contribution in [0.5, 0.6) is 10.9 Å². The van der Waals surface area contributed by atoms with Gasteiger partial charge in [0.05, 0.1) is 10.2 Å². The highest BCUT2D eigenvalue weighted by molar-refractivity contribution is 9.10. The van der Waals surface area contributed by atoms with E-state index in [9.17, 15) is 4.39 Å². The molecule has 0 amide bonds. The third-order valence-corrected chi connectivity index (χ3v) is 3.87. The molecule has 1 aromatic heterocycles. The molecule has 3 nitrogen and oxygen atoms in total. The molecule has 6 heteroatoms. The number of fused-ring (bicyclic) bond motifs is 1. The molecule has 0 aliphatic rings. The summed E-state index contributed by atoms with van der Waals surface area (Å²) >= 11 is 4.60. The molecule has 0 radical (unpaired) electrons. The van der Waals surface area contributed by atoms with Crippen LogP contribution in [0.4, 0.5) is 10.1 Å². The Kier molecular flexibility index (Phi) is 3.12. The Morgan fingerprint density at radius 2 is 2.05 bits per heavy atom. The Bertz CT molecular complexity index is 759. The number of thiazole rings is 1. The first kappa shape index (κ1) is 12.4. The molecule has 0 fully saturated rings. The van der Waals surface area contributed by atoms with Crippen molar-refractivity contribution in [2.75, 3.05) is 5.73 Å². The maximum atomic E-state index is 13.6. The van der Waals surface area contributed by atoms with Gasteiger partial charge in [-0.05, 0) is 36.4 Å². The smallest absolute Gasteiger partial charge is 0.279 e. The fraction of sp³-hybridized carbons (Fsp3) is 0. The van der Waals surface area contributed by atoms with Gasteiger partial charge in [0.2, 0.25) is 0 Å². The van der Waals surface area contributed by atoms with Gasteiger partial charge in [0.15, 0.2) is 11.6 Å². The van der Waals surface area contributed by atoms with Gasteiger partial charge in [0.25, 0.3) is 5.19 Å². The lowest BCUT2D eigenvalue weighted by molar-refractivity contribution is 0.440. The van der Waals surface area contributed by atoms with E-state index in [1.807, 2.05) is 12.1 Å². The Labute approximate surface area is 121 Å². The van der Waals surface area contributed by atoms with Crippen molar-refractivity contribution in [2.24, 2.45) is 0 Å². The lowest BCUT2D eigenvalue weighted by Crippen LogP contribution is -1.87. The molecule has 3 rings (SSSR count). The first-order chi connectivity index (χ1) is 9.11. The minimum Gasteiger partial charge on any atom is -0.428 e. The Balaban J connectivity index is 1.98. The second-order valence-electron chi connectivity index (χ2n) is 3.88. The Morgan fingerprint density at radius 3 is 2.89 bits per heavy atom. The van der Waals surface area contributed by atoms with Crippen LogP contribution in [-0.4, -0.2) is 4.98 Å². The van der Waals surface area contributed by atoms with Gasteiger partial charge >= 0.3 is 0 Å². The number of nitrogen functional groups attached to an aromatic ring is 1. The lowest BCUT2D eigenvalue weighted by Gasteiger charge is -2.02. The highest BCUT2D eigenvalue weighted by Crippen LogP contribution is 2.34. The van der Waals surface area contributed by atoms with Crippen LogP contribution in [0, 0.1) is 5.82 Å². The molecular formula is C13H8BrFN2OS. The molecule has 19 heavy (non-hydrogen) atoms. The molecular weight excluding hydrogens is 331 g/mol. The SMILES string of the molecule is Nc1ccc2nc(Oc3cc(Br)ccc3F)sc2c1. The van der Waals surface area contributed by atoms with Crippen molar-refractivity contribution < 1.29 is 9.13 Å². The van der Waals surface area contributed by atoms with E-state index >= 15 is 0 Å². The molecule has 0 atom stereocenters. The van der Waals surface area contributed by atoms with Crippen molar-refractivity contribution in [3.8, 4) is 10.9 Å². The molecule has 2 N–H and O–H groups in total. The van der Waals surface area contributed by atoms with Gasteiger partial charge in [-0.3, -0.25) is 0 Å². The van der Waals surface area contributed by atoms with Crippen LogP contribution in [0.3, 0.4) is 0 Å². The summed E-state index contributed by atoms with van der Waals surface area (Å²) < 4.78 is 20.7. The van der Waals surface area contributed by atoms with Gasteiger partial charge in [-0.2, -0.15) is 0 Å². The van der Waals surface area contributed by atoms with Crippen molar-refractivity contribution in [3.63, 3.8) is 0 Å². The predicted molar refractivity (Wildman–Crippen MR) is 78.2 cm³/mol. The molecule has 0 spiro atoms. The summed E-state index contributed by atoms with van der Waals surface area (Å²) in [6, 6.07) is 9.91. The zero-order chi connectivity index (χ0) is 13.4. The quantitative estimate of drug-likeness (QED) is 0.696. The van der Waals surface area contributed by atoms with Gasteiger partial charge in [0.1, 0.15) is 0 Å². The highest BCUT2D eigenvalue weighted by atomic mass is 79.9. The third-order valence-electron chi connectivity index (χ3n) is 2.48. The first-order valence-corrected chi connectivity index (χ1v) is 7.02. The molecule has 2 aromatic carbocycles. The van der Waals surface area contributed by atoms with Crippen LogP contribution < -0.4 is 10.5 Å². The van der Waals surface area contributed by atoms with Crippen molar-refractivity contribution in [1.29, 1.82) is 0 Å². The summed E-state index contributed by atoms with van der Waals surface area (Å²) in [5.41, 5.74) is 7.15. The molecule has 3 aromatic rings. The minimum absolute atomic E-state index is 0.140. The van der Waals surface area contributed by atoms with E-state index in [0.717, 1.165) is 14.7 Å². The summed E-state index contributed by atoms with van der Waals surface area (Å²) in [6.07, 6.45) is 0. The number of rotatable bonds is 2. The third kappa shape index (κ3) is 2.54. The number of benzene rings is 2.